The van der Waals surface area contributed by atoms with Gasteiger partial charge in [-0.3, -0.25) is 0 Å². The van der Waals surface area contributed by atoms with Gasteiger partial charge in [0.05, 0.1) is 7.11 Å². The third kappa shape index (κ3) is 7.79. The first-order valence-corrected chi connectivity index (χ1v) is 4.92. The zero-order valence-corrected chi connectivity index (χ0v) is 10.4. The van der Waals surface area contributed by atoms with Gasteiger partial charge in [-0.2, -0.15) is 0 Å². The van der Waals surface area contributed by atoms with Crippen molar-refractivity contribution in [2.45, 2.75) is 33.3 Å². The molecule has 0 aliphatic carbocycles. The highest BCUT2D eigenvalue weighted by Crippen LogP contribution is 2.07. The van der Waals surface area contributed by atoms with Crippen molar-refractivity contribution in [3.8, 4) is 0 Å². The monoisotopic (exact) mass is 226 g/mol. The molecule has 0 atom stereocenters. The topological polar surface area (TPSA) is 52.6 Å². The zero-order valence-electron chi connectivity index (χ0n) is 10.4. The largest absolute Gasteiger partial charge is 0.466 e. The predicted molar refractivity (Wildman–Crippen MR) is 60.8 cm³/mol. The van der Waals surface area contributed by atoms with Gasteiger partial charge in [-0.25, -0.2) is 9.59 Å². The van der Waals surface area contributed by atoms with E-state index in [1.807, 2.05) is 0 Å². The number of esters is 2. The Labute approximate surface area is 95.9 Å². The van der Waals surface area contributed by atoms with Crippen molar-refractivity contribution in [1.29, 1.82) is 0 Å². The highest BCUT2D eigenvalue weighted by molar-refractivity contribution is 5.85. The Morgan fingerprint density at radius 3 is 2.06 bits per heavy atom. The molecule has 0 N–H and O–H groups in total. The number of hydrogen-bond acceptors (Lipinski definition) is 4. The lowest BCUT2D eigenvalue weighted by atomic mass is 10.2. The fraction of sp³-hybridized carbons (Fsp3) is 0.500. The molecular weight excluding hydrogens is 208 g/mol. The van der Waals surface area contributed by atoms with Crippen LogP contribution in [0.1, 0.15) is 27.7 Å². The van der Waals surface area contributed by atoms with Gasteiger partial charge in [0.25, 0.3) is 0 Å². The molecule has 0 spiro atoms. The molecule has 0 aromatic rings. The van der Waals surface area contributed by atoms with Crippen LogP contribution in [0.15, 0.2) is 23.8 Å². The zero-order chi connectivity index (χ0) is 12.8. The molecule has 0 aliphatic heterocycles. The summed E-state index contributed by atoms with van der Waals surface area (Å²) in [5.41, 5.74) is 0.110. The van der Waals surface area contributed by atoms with E-state index in [-0.39, 0.29) is 0 Å². The van der Waals surface area contributed by atoms with Crippen LogP contribution in [-0.2, 0) is 19.1 Å². The minimum absolute atomic E-state index is 0.440. The van der Waals surface area contributed by atoms with Crippen LogP contribution in [-0.4, -0.2) is 24.6 Å². The van der Waals surface area contributed by atoms with Gasteiger partial charge < -0.3 is 9.47 Å². The second-order valence-corrected chi connectivity index (χ2v) is 4.28. The Morgan fingerprint density at radius 1 is 1.06 bits per heavy atom. The SMILES string of the molecule is COC(=O)/C=C(C)/C=C/C(=O)OC(C)(C)C. The number of allylic oxidation sites excluding steroid dienone is 2. The summed E-state index contributed by atoms with van der Waals surface area (Å²) >= 11 is 0. The van der Waals surface area contributed by atoms with E-state index < -0.39 is 17.5 Å². The van der Waals surface area contributed by atoms with E-state index in [0.717, 1.165) is 0 Å². The Hall–Kier alpha value is -1.58. The van der Waals surface area contributed by atoms with E-state index in [9.17, 15) is 9.59 Å². The molecule has 16 heavy (non-hydrogen) atoms. The molecule has 4 nitrogen and oxygen atoms in total. The summed E-state index contributed by atoms with van der Waals surface area (Å²) in [5.74, 6) is -0.892. The molecule has 0 bridgehead atoms. The summed E-state index contributed by atoms with van der Waals surface area (Å²) in [6, 6.07) is 0. The average Bonchev–Trinajstić information content (AvgIpc) is 2.12. The van der Waals surface area contributed by atoms with Crippen molar-refractivity contribution >= 4 is 11.9 Å². The highest BCUT2D eigenvalue weighted by atomic mass is 16.6. The molecule has 0 aromatic heterocycles. The Morgan fingerprint density at radius 2 is 1.62 bits per heavy atom. The molecule has 0 rings (SSSR count). The maximum Gasteiger partial charge on any atom is 0.331 e. The van der Waals surface area contributed by atoms with Gasteiger partial charge >= 0.3 is 11.9 Å². The Bertz CT molecular complexity index is 318. The standard InChI is InChI=1S/C12H18O4/c1-9(8-11(14)15-5)6-7-10(13)16-12(2,3)4/h6-8H,1-5H3/b7-6+,9-8+. The van der Waals surface area contributed by atoms with Crippen LogP contribution in [0.3, 0.4) is 0 Å². The van der Waals surface area contributed by atoms with E-state index >= 15 is 0 Å². The van der Waals surface area contributed by atoms with Crippen molar-refractivity contribution in [1.82, 2.24) is 0 Å². The summed E-state index contributed by atoms with van der Waals surface area (Å²) in [6.07, 6.45) is 4.08. The van der Waals surface area contributed by atoms with Crippen LogP contribution in [0.25, 0.3) is 0 Å². The summed E-state index contributed by atoms with van der Waals surface area (Å²) in [7, 11) is 1.30. The molecule has 90 valence electrons. The van der Waals surface area contributed by atoms with Crippen LogP contribution in [0.2, 0.25) is 0 Å². The molecule has 0 amide bonds. The third-order valence-corrected chi connectivity index (χ3v) is 1.44. The van der Waals surface area contributed by atoms with E-state index in [2.05, 4.69) is 4.74 Å². The first-order valence-electron chi connectivity index (χ1n) is 4.92. The maximum absolute atomic E-state index is 11.3. The lowest BCUT2D eigenvalue weighted by molar-refractivity contribution is -0.148. The highest BCUT2D eigenvalue weighted by Gasteiger charge is 2.13. The number of carbonyl (C=O) groups excluding carboxylic acids is 2. The smallest absolute Gasteiger partial charge is 0.331 e. The number of carbonyl (C=O) groups is 2. The summed E-state index contributed by atoms with van der Waals surface area (Å²) in [6.45, 7) is 7.06. The molecule has 0 unspecified atom stereocenters. The Balaban J connectivity index is 4.34. The molecule has 0 heterocycles. The van der Waals surface area contributed by atoms with Crippen LogP contribution in [0.5, 0.6) is 0 Å². The molecule has 4 heteroatoms. The van der Waals surface area contributed by atoms with Gasteiger partial charge in [0.15, 0.2) is 0 Å². The number of hydrogen-bond donors (Lipinski definition) is 0. The minimum Gasteiger partial charge on any atom is -0.466 e. The fourth-order valence-electron chi connectivity index (χ4n) is 0.828. The molecule has 0 saturated heterocycles. The van der Waals surface area contributed by atoms with E-state index in [1.165, 1.54) is 25.3 Å². The van der Waals surface area contributed by atoms with Gasteiger partial charge in [-0.1, -0.05) is 6.08 Å². The predicted octanol–water partition coefficient (Wildman–Crippen LogP) is 2.00. The van der Waals surface area contributed by atoms with Crippen molar-refractivity contribution in [2.75, 3.05) is 7.11 Å². The molecule has 0 saturated carbocycles. The van der Waals surface area contributed by atoms with Gasteiger partial charge in [0, 0.05) is 12.2 Å². The van der Waals surface area contributed by atoms with Crippen molar-refractivity contribution < 1.29 is 19.1 Å². The quantitative estimate of drug-likeness (QED) is 0.419. The number of methoxy groups -OCH3 is 1. The van der Waals surface area contributed by atoms with Crippen LogP contribution in [0, 0.1) is 0 Å². The lowest BCUT2D eigenvalue weighted by Gasteiger charge is -2.17. The molecule has 0 fully saturated rings. The molecule has 0 aromatic carbocycles. The van der Waals surface area contributed by atoms with Gasteiger partial charge in [0.2, 0.25) is 0 Å². The van der Waals surface area contributed by atoms with Crippen LogP contribution >= 0.6 is 0 Å². The lowest BCUT2D eigenvalue weighted by Crippen LogP contribution is -2.22. The van der Waals surface area contributed by atoms with Gasteiger partial charge in [0.1, 0.15) is 5.60 Å². The third-order valence-electron chi connectivity index (χ3n) is 1.44. The molecule has 0 aliphatic rings. The number of rotatable bonds is 3. The second kappa shape index (κ2) is 6.10. The van der Waals surface area contributed by atoms with E-state index in [0.29, 0.717) is 5.57 Å². The first kappa shape index (κ1) is 14.4. The van der Waals surface area contributed by atoms with Crippen molar-refractivity contribution in [2.24, 2.45) is 0 Å². The van der Waals surface area contributed by atoms with Gasteiger partial charge in [-0.05, 0) is 33.3 Å². The normalized spacial score (nSPS) is 12.7. The molecular formula is C12H18O4. The van der Waals surface area contributed by atoms with E-state index in [4.69, 9.17) is 4.74 Å². The van der Waals surface area contributed by atoms with Crippen molar-refractivity contribution in [3.63, 3.8) is 0 Å². The summed E-state index contributed by atoms with van der Waals surface area (Å²) in [4.78, 5) is 22.1. The fourth-order valence-corrected chi connectivity index (χ4v) is 0.828. The van der Waals surface area contributed by atoms with Crippen LogP contribution < -0.4 is 0 Å². The first-order chi connectivity index (χ1) is 7.24. The van der Waals surface area contributed by atoms with Crippen LogP contribution in [0.4, 0.5) is 0 Å². The van der Waals surface area contributed by atoms with Gasteiger partial charge in [-0.15, -0.1) is 0 Å². The Kier molecular flexibility index (Phi) is 5.50. The molecule has 0 radical (unpaired) electrons. The summed E-state index contributed by atoms with van der Waals surface area (Å²) < 4.78 is 9.49. The average molecular weight is 226 g/mol. The van der Waals surface area contributed by atoms with Crippen molar-refractivity contribution in [3.05, 3.63) is 23.8 Å². The maximum atomic E-state index is 11.3. The number of ether oxygens (including phenoxy) is 2. The summed E-state index contributed by atoms with van der Waals surface area (Å²) in [5, 5.41) is 0. The minimum atomic E-state index is -0.513. The second-order valence-electron chi connectivity index (χ2n) is 4.28. The van der Waals surface area contributed by atoms with E-state index in [1.54, 1.807) is 27.7 Å².